The Morgan fingerprint density at radius 1 is 1.07 bits per heavy atom. The number of rotatable bonds is 8. The Morgan fingerprint density at radius 2 is 1.88 bits per heavy atom. The molecule has 3 aromatic carbocycles. The molecule has 4 aromatic rings. The largest absolute Gasteiger partial charge is 0.444 e. The molecular weight excluding hydrogens is 551 g/mol. The van der Waals surface area contributed by atoms with Crippen LogP contribution in [0.25, 0.3) is 11.0 Å². The van der Waals surface area contributed by atoms with Gasteiger partial charge in [0.05, 0.1) is 35.4 Å². The van der Waals surface area contributed by atoms with Gasteiger partial charge in [0.2, 0.25) is 0 Å². The summed E-state index contributed by atoms with van der Waals surface area (Å²) < 4.78 is 34.6. The summed E-state index contributed by atoms with van der Waals surface area (Å²) in [5.74, 6) is 0.278. The molecule has 0 saturated carbocycles. The van der Waals surface area contributed by atoms with Crippen LogP contribution in [0.4, 0.5) is 10.1 Å². The minimum atomic E-state index is -1.54. The lowest BCUT2D eigenvalue weighted by Crippen LogP contribution is -2.46. The number of hydrogen-bond acceptors (Lipinski definition) is 8. The van der Waals surface area contributed by atoms with Crippen LogP contribution >= 0.6 is 11.6 Å². The predicted octanol–water partition coefficient (Wildman–Crippen LogP) is 4.42. The van der Waals surface area contributed by atoms with Gasteiger partial charge in [-0.05, 0) is 42.5 Å². The zero-order valence-electron chi connectivity index (χ0n) is 22.9. The zero-order chi connectivity index (χ0) is 28.7. The summed E-state index contributed by atoms with van der Waals surface area (Å²) in [6.45, 7) is 6.57. The molecule has 2 N–H and O–H groups in total. The molecule has 216 valence electrons. The fourth-order valence-corrected chi connectivity index (χ4v) is 5.74. The van der Waals surface area contributed by atoms with E-state index in [4.69, 9.17) is 30.8 Å². The van der Waals surface area contributed by atoms with E-state index in [-0.39, 0.29) is 5.56 Å². The van der Waals surface area contributed by atoms with Crippen molar-refractivity contribution < 1.29 is 28.8 Å². The van der Waals surface area contributed by atoms with Crippen molar-refractivity contribution in [3.8, 4) is 11.5 Å². The van der Waals surface area contributed by atoms with Crippen LogP contribution in [0, 0.1) is 5.82 Å². The topological polar surface area (TPSA) is 92.5 Å². The minimum Gasteiger partial charge on any atom is -0.444 e. The first-order valence-corrected chi connectivity index (χ1v) is 13.9. The Balaban J connectivity index is 1.18. The van der Waals surface area contributed by atoms with Crippen molar-refractivity contribution in [1.29, 1.82) is 0 Å². The van der Waals surface area contributed by atoms with E-state index in [0.717, 1.165) is 48.7 Å². The maximum atomic E-state index is 14.8. The highest BCUT2D eigenvalue weighted by molar-refractivity contribution is 6.30. The number of piperazine rings is 1. The highest BCUT2D eigenvalue weighted by atomic mass is 35.5. The number of anilines is 1. The second-order valence-corrected chi connectivity index (χ2v) is 10.9. The number of ether oxygens (including phenoxy) is 3. The van der Waals surface area contributed by atoms with Crippen LogP contribution in [0.1, 0.15) is 30.2 Å². The molecule has 1 saturated heterocycles. The summed E-state index contributed by atoms with van der Waals surface area (Å²) in [6.07, 6.45) is -1.54. The fourth-order valence-electron chi connectivity index (χ4n) is 5.58. The Kier molecular flexibility index (Phi) is 7.52. The van der Waals surface area contributed by atoms with Crippen LogP contribution in [0.15, 0.2) is 54.6 Å². The Hall–Kier alpha value is -3.41. The Morgan fingerprint density at radius 3 is 2.61 bits per heavy atom. The van der Waals surface area contributed by atoms with Crippen LogP contribution in [0.2, 0.25) is 5.02 Å². The number of imidazole rings is 1. The average molecular weight is 583 g/mol. The van der Waals surface area contributed by atoms with Gasteiger partial charge in [-0.15, -0.1) is 0 Å². The molecule has 0 radical (unpaired) electrons. The molecule has 1 unspecified atom stereocenters. The van der Waals surface area contributed by atoms with Crippen molar-refractivity contribution in [1.82, 2.24) is 14.5 Å². The lowest BCUT2D eigenvalue weighted by molar-refractivity contribution is -0.0705. The number of aromatic nitrogens is 2. The fraction of sp³-hybridized carbons (Fsp3) is 0.367. The van der Waals surface area contributed by atoms with Gasteiger partial charge in [-0.1, -0.05) is 23.7 Å². The van der Waals surface area contributed by atoms with Gasteiger partial charge in [-0.25, -0.2) is 9.37 Å². The molecule has 2 aliphatic heterocycles. The van der Waals surface area contributed by atoms with E-state index in [9.17, 15) is 14.6 Å². The molecule has 1 fully saturated rings. The Labute approximate surface area is 242 Å². The average Bonchev–Trinajstić information content (AvgIpc) is 3.48. The molecular formula is C30H32ClFN4O5. The van der Waals surface area contributed by atoms with E-state index >= 15 is 0 Å². The summed E-state index contributed by atoms with van der Waals surface area (Å²) in [6, 6.07) is 15.5. The maximum Gasteiger partial charge on any atom is 0.278 e. The summed E-state index contributed by atoms with van der Waals surface area (Å²) in [5.41, 5.74) is 3.26. The van der Waals surface area contributed by atoms with Crippen LogP contribution in [-0.2, 0) is 23.6 Å². The monoisotopic (exact) mass is 582 g/mol. The summed E-state index contributed by atoms with van der Waals surface area (Å²) in [5, 5.41) is 19.6. The van der Waals surface area contributed by atoms with Gasteiger partial charge in [-0.3, -0.25) is 4.90 Å². The van der Waals surface area contributed by atoms with E-state index in [1.54, 1.807) is 38.3 Å². The minimum absolute atomic E-state index is 0.283. The highest BCUT2D eigenvalue weighted by Crippen LogP contribution is 2.50. The molecule has 9 nitrogen and oxygen atoms in total. The first-order valence-electron chi connectivity index (χ1n) is 13.5. The molecule has 1 aromatic heterocycles. The first-order chi connectivity index (χ1) is 19.8. The number of para-hydroxylation sites is 1. The molecule has 3 heterocycles. The van der Waals surface area contributed by atoms with Crippen molar-refractivity contribution >= 4 is 28.3 Å². The number of aliphatic hydroxyl groups excluding tert-OH is 1. The standard InChI is InChI=1S/C30H32ClFN4O5/c1-30(21-8-7-20(31)17-22(21)32)40-26-5-3-4-24(28(26)41-30)35-12-10-34(11-13-35)18-27-33-23-9-6-19(29(37)38)16-25(23)36(27)14-15-39-2/h3-9,16-17,29,37-38H,10-15,18H2,1-2H3. The lowest BCUT2D eigenvalue weighted by atomic mass is 10.1. The van der Waals surface area contributed by atoms with Gasteiger partial charge >= 0.3 is 0 Å². The number of hydrogen-bond donors (Lipinski definition) is 2. The number of aliphatic hydroxyl groups is 2. The van der Waals surface area contributed by atoms with Crippen LogP contribution in [-0.4, -0.2) is 64.6 Å². The van der Waals surface area contributed by atoms with E-state index in [1.807, 2.05) is 24.3 Å². The van der Waals surface area contributed by atoms with Gasteiger partial charge < -0.3 is 33.9 Å². The number of fused-ring (bicyclic) bond motifs is 2. The molecule has 6 rings (SSSR count). The van der Waals surface area contributed by atoms with Crippen LogP contribution < -0.4 is 14.4 Å². The molecule has 41 heavy (non-hydrogen) atoms. The molecule has 0 amide bonds. The summed E-state index contributed by atoms with van der Waals surface area (Å²) in [7, 11) is 1.66. The number of benzene rings is 3. The van der Waals surface area contributed by atoms with Crippen molar-refractivity contribution in [3.63, 3.8) is 0 Å². The molecule has 0 spiro atoms. The van der Waals surface area contributed by atoms with E-state index in [1.165, 1.54) is 6.07 Å². The number of methoxy groups -OCH3 is 1. The van der Waals surface area contributed by atoms with Gasteiger partial charge in [-0.2, -0.15) is 0 Å². The third-order valence-electron chi connectivity index (χ3n) is 7.73. The van der Waals surface area contributed by atoms with Gasteiger partial charge in [0.15, 0.2) is 17.8 Å². The van der Waals surface area contributed by atoms with Gasteiger partial charge in [0.25, 0.3) is 5.79 Å². The van der Waals surface area contributed by atoms with E-state index < -0.39 is 17.9 Å². The normalized spacial score (nSPS) is 19.0. The zero-order valence-corrected chi connectivity index (χ0v) is 23.6. The SMILES string of the molecule is COCCn1c(CN2CCN(c3cccc4c3OC(C)(c3ccc(Cl)cc3F)O4)CC2)nc2ccc(C(O)O)cc21. The van der Waals surface area contributed by atoms with Crippen LogP contribution in [0.3, 0.4) is 0 Å². The van der Waals surface area contributed by atoms with Crippen molar-refractivity contribution in [2.45, 2.75) is 32.1 Å². The molecule has 0 aliphatic carbocycles. The molecule has 2 aliphatic rings. The van der Waals surface area contributed by atoms with Gasteiger partial charge in [0.1, 0.15) is 11.6 Å². The van der Waals surface area contributed by atoms with Crippen molar-refractivity contribution in [2.75, 3.05) is 44.8 Å². The quantitative estimate of drug-likeness (QED) is 0.295. The number of halogens is 2. The van der Waals surface area contributed by atoms with Crippen molar-refractivity contribution in [3.05, 3.63) is 82.4 Å². The summed E-state index contributed by atoms with van der Waals surface area (Å²) >= 11 is 5.96. The predicted molar refractivity (Wildman–Crippen MR) is 153 cm³/mol. The number of nitrogens with zero attached hydrogens (tertiary/aromatic N) is 4. The van der Waals surface area contributed by atoms with E-state index in [0.29, 0.717) is 41.8 Å². The maximum absolute atomic E-state index is 14.8. The van der Waals surface area contributed by atoms with E-state index in [2.05, 4.69) is 14.4 Å². The Bertz CT molecular complexity index is 1570. The van der Waals surface area contributed by atoms with Crippen LogP contribution in [0.5, 0.6) is 11.5 Å². The summed E-state index contributed by atoms with van der Waals surface area (Å²) in [4.78, 5) is 9.45. The van der Waals surface area contributed by atoms with Crippen molar-refractivity contribution in [2.24, 2.45) is 0 Å². The second-order valence-electron chi connectivity index (χ2n) is 10.4. The third kappa shape index (κ3) is 5.33. The lowest BCUT2D eigenvalue weighted by Gasteiger charge is -2.36. The first kappa shape index (κ1) is 27.7. The molecule has 0 bridgehead atoms. The second kappa shape index (κ2) is 11.1. The third-order valence-corrected chi connectivity index (χ3v) is 7.96. The molecule has 11 heteroatoms. The van der Waals surface area contributed by atoms with Gasteiger partial charge in [0, 0.05) is 57.3 Å². The smallest absolute Gasteiger partial charge is 0.278 e. The highest BCUT2D eigenvalue weighted by Gasteiger charge is 2.42. The molecule has 1 atom stereocenters.